The Morgan fingerprint density at radius 3 is 2.94 bits per heavy atom. The number of rotatable bonds is 1. The molecule has 2 aliphatic rings. The van der Waals surface area contributed by atoms with Crippen LogP contribution in [0.25, 0.3) is 10.2 Å². The number of fused-ring (bicyclic) bond motifs is 3. The van der Waals surface area contributed by atoms with Crippen LogP contribution < -0.4 is 0 Å². The highest BCUT2D eigenvalue weighted by atomic mass is 35.5. The van der Waals surface area contributed by atoms with Gasteiger partial charge in [0.1, 0.15) is 15.8 Å². The van der Waals surface area contributed by atoms with E-state index in [0.29, 0.717) is 10.4 Å². The predicted molar refractivity (Wildman–Crippen MR) is 78.9 cm³/mol. The second-order valence-electron chi connectivity index (χ2n) is 4.91. The molecule has 2 aromatic rings. The summed E-state index contributed by atoms with van der Waals surface area (Å²) < 4.78 is 0. The molecule has 18 heavy (non-hydrogen) atoms. The van der Waals surface area contributed by atoms with E-state index in [1.807, 2.05) is 23.1 Å². The molecule has 0 spiro atoms. The van der Waals surface area contributed by atoms with Crippen LogP contribution in [0.5, 0.6) is 0 Å². The van der Waals surface area contributed by atoms with Crippen LogP contribution >= 0.6 is 34.7 Å². The lowest BCUT2D eigenvalue weighted by Crippen LogP contribution is -1.98. The van der Waals surface area contributed by atoms with Crippen molar-refractivity contribution in [3.05, 3.63) is 21.4 Å². The molecule has 1 atom stereocenters. The second kappa shape index (κ2) is 4.36. The van der Waals surface area contributed by atoms with E-state index in [0.717, 1.165) is 22.5 Å². The number of aryl methyl sites for hydroxylation is 2. The molecule has 4 rings (SSSR count). The molecule has 2 aromatic heterocycles. The van der Waals surface area contributed by atoms with Crippen LogP contribution in [0.4, 0.5) is 0 Å². The average molecular weight is 297 g/mol. The van der Waals surface area contributed by atoms with E-state index in [1.165, 1.54) is 41.9 Å². The molecule has 0 radical (unpaired) electrons. The first kappa shape index (κ1) is 11.5. The van der Waals surface area contributed by atoms with Crippen molar-refractivity contribution in [1.82, 2.24) is 9.97 Å². The maximum absolute atomic E-state index is 6.41. The van der Waals surface area contributed by atoms with E-state index in [1.54, 1.807) is 0 Å². The van der Waals surface area contributed by atoms with Gasteiger partial charge in [0, 0.05) is 4.88 Å². The SMILES string of the molecule is Clc1nc(C2CCCS2)nc2sc3c(c12)CCC3. The van der Waals surface area contributed by atoms with E-state index in [-0.39, 0.29) is 0 Å². The lowest BCUT2D eigenvalue weighted by Gasteiger charge is -2.07. The van der Waals surface area contributed by atoms with Crippen LogP contribution in [0.3, 0.4) is 0 Å². The standard InChI is InChI=1S/C13H13ClN2S2/c14-11-10-7-3-1-4-8(7)18-13(10)16-12(15-11)9-5-2-6-17-9/h9H,1-6H2. The van der Waals surface area contributed by atoms with Gasteiger partial charge in [-0.1, -0.05) is 11.6 Å². The Morgan fingerprint density at radius 2 is 2.11 bits per heavy atom. The molecule has 0 aromatic carbocycles. The van der Waals surface area contributed by atoms with Crippen molar-refractivity contribution in [3.8, 4) is 0 Å². The summed E-state index contributed by atoms with van der Waals surface area (Å²) in [5.41, 5.74) is 1.42. The second-order valence-corrected chi connectivity index (χ2v) is 7.66. The zero-order valence-electron chi connectivity index (χ0n) is 9.91. The van der Waals surface area contributed by atoms with Crippen LogP contribution in [0.1, 0.15) is 40.8 Å². The van der Waals surface area contributed by atoms with E-state index in [2.05, 4.69) is 4.98 Å². The third-order valence-electron chi connectivity index (χ3n) is 3.76. The van der Waals surface area contributed by atoms with E-state index in [9.17, 15) is 0 Å². The summed E-state index contributed by atoms with van der Waals surface area (Å²) in [6, 6.07) is 0. The first-order valence-corrected chi connectivity index (χ1v) is 8.66. The number of halogens is 1. The average Bonchev–Trinajstić information content (AvgIpc) is 3.04. The van der Waals surface area contributed by atoms with Crippen molar-refractivity contribution in [1.29, 1.82) is 0 Å². The highest BCUT2D eigenvalue weighted by Crippen LogP contribution is 2.43. The molecule has 1 aliphatic heterocycles. The number of hydrogen-bond acceptors (Lipinski definition) is 4. The molecular formula is C13H13ClN2S2. The maximum Gasteiger partial charge on any atom is 0.144 e. The summed E-state index contributed by atoms with van der Waals surface area (Å²) in [5, 5.41) is 2.28. The number of hydrogen-bond donors (Lipinski definition) is 0. The molecule has 2 nitrogen and oxygen atoms in total. The molecule has 1 fully saturated rings. The minimum Gasteiger partial charge on any atom is -0.221 e. The van der Waals surface area contributed by atoms with Gasteiger partial charge in [0.2, 0.25) is 0 Å². The Balaban J connectivity index is 1.88. The van der Waals surface area contributed by atoms with Crippen molar-refractivity contribution in [2.75, 3.05) is 5.75 Å². The van der Waals surface area contributed by atoms with Gasteiger partial charge in [0.05, 0.1) is 10.6 Å². The predicted octanol–water partition coefficient (Wildman–Crippen LogP) is 4.40. The van der Waals surface area contributed by atoms with Gasteiger partial charge in [-0.05, 0) is 43.4 Å². The molecule has 94 valence electrons. The lowest BCUT2D eigenvalue weighted by molar-refractivity contribution is 0.783. The van der Waals surface area contributed by atoms with Crippen molar-refractivity contribution >= 4 is 44.9 Å². The zero-order chi connectivity index (χ0) is 12.1. The summed E-state index contributed by atoms with van der Waals surface area (Å²) in [7, 11) is 0. The molecular weight excluding hydrogens is 284 g/mol. The summed E-state index contributed by atoms with van der Waals surface area (Å²) >= 11 is 10.2. The third kappa shape index (κ3) is 1.69. The molecule has 5 heteroatoms. The quantitative estimate of drug-likeness (QED) is 0.729. The lowest BCUT2D eigenvalue weighted by atomic mass is 10.2. The topological polar surface area (TPSA) is 25.8 Å². The Bertz CT molecular complexity index is 617. The van der Waals surface area contributed by atoms with Gasteiger partial charge in [0.25, 0.3) is 0 Å². The van der Waals surface area contributed by atoms with Crippen LogP contribution in [-0.2, 0) is 12.8 Å². The molecule has 0 bridgehead atoms. The van der Waals surface area contributed by atoms with Gasteiger partial charge >= 0.3 is 0 Å². The van der Waals surface area contributed by atoms with E-state index < -0.39 is 0 Å². The Morgan fingerprint density at radius 1 is 1.17 bits per heavy atom. The van der Waals surface area contributed by atoms with Gasteiger partial charge in [0.15, 0.2) is 0 Å². The van der Waals surface area contributed by atoms with Crippen molar-refractivity contribution in [2.45, 2.75) is 37.4 Å². The third-order valence-corrected chi connectivity index (χ3v) is 6.59. The number of thioether (sulfide) groups is 1. The van der Waals surface area contributed by atoms with Gasteiger partial charge in [-0.2, -0.15) is 11.8 Å². The fourth-order valence-electron chi connectivity index (χ4n) is 2.89. The first-order chi connectivity index (χ1) is 8.83. The Labute approximate surface area is 119 Å². The minimum atomic E-state index is 0.462. The monoisotopic (exact) mass is 296 g/mol. The van der Waals surface area contributed by atoms with Crippen LogP contribution in [0.2, 0.25) is 5.15 Å². The molecule has 0 amide bonds. The van der Waals surface area contributed by atoms with E-state index in [4.69, 9.17) is 16.6 Å². The summed E-state index contributed by atoms with van der Waals surface area (Å²) in [4.78, 5) is 12.0. The number of nitrogens with zero attached hydrogens (tertiary/aromatic N) is 2. The zero-order valence-corrected chi connectivity index (χ0v) is 12.3. The maximum atomic E-state index is 6.41. The normalized spacial score (nSPS) is 22.8. The van der Waals surface area contributed by atoms with Gasteiger partial charge in [-0.15, -0.1) is 11.3 Å². The molecule has 1 unspecified atom stereocenters. The summed E-state index contributed by atoms with van der Waals surface area (Å²) in [5.74, 6) is 2.18. The van der Waals surface area contributed by atoms with Gasteiger partial charge in [-0.3, -0.25) is 0 Å². The fraction of sp³-hybridized carbons (Fsp3) is 0.538. The fourth-order valence-corrected chi connectivity index (χ4v) is 5.71. The highest BCUT2D eigenvalue weighted by Gasteiger charge is 2.25. The largest absolute Gasteiger partial charge is 0.221 e. The Kier molecular flexibility index (Phi) is 2.78. The molecule has 1 saturated heterocycles. The van der Waals surface area contributed by atoms with Crippen molar-refractivity contribution < 1.29 is 0 Å². The summed E-state index contributed by atoms with van der Waals surface area (Å²) in [6.45, 7) is 0. The number of aromatic nitrogens is 2. The minimum absolute atomic E-state index is 0.462. The van der Waals surface area contributed by atoms with Crippen LogP contribution in [-0.4, -0.2) is 15.7 Å². The summed E-state index contributed by atoms with van der Waals surface area (Å²) in [6.07, 6.45) is 6.07. The number of thiophene rings is 1. The van der Waals surface area contributed by atoms with E-state index >= 15 is 0 Å². The first-order valence-electron chi connectivity index (χ1n) is 6.42. The molecule has 0 N–H and O–H groups in total. The smallest absolute Gasteiger partial charge is 0.144 e. The Hall–Kier alpha value is -0.320. The van der Waals surface area contributed by atoms with Crippen LogP contribution in [0.15, 0.2) is 0 Å². The van der Waals surface area contributed by atoms with Gasteiger partial charge < -0.3 is 0 Å². The highest BCUT2D eigenvalue weighted by molar-refractivity contribution is 7.99. The van der Waals surface area contributed by atoms with Crippen LogP contribution in [0, 0.1) is 0 Å². The molecule has 1 aliphatic carbocycles. The van der Waals surface area contributed by atoms with Gasteiger partial charge in [-0.25, -0.2) is 9.97 Å². The molecule has 0 saturated carbocycles. The van der Waals surface area contributed by atoms with Crippen molar-refractivity contribution in [3.63, 3.8) is 0 Å². The van der Waals surface area contributed by atoms with Crippen molar-refractivity contribution in [2.24, 2.45) is 0 Å². The molecule has 3 heterocycles.